The number of carbonyl (C=O) groups excluding carboxylic acids is 3. The number of carbonyl (C=O) groups is 3. The topological polar surface area (TPSA) is 72.5 Å². The molecule has 31 heavy (non-hydrogen) atoms. The Labute approximate surface area is 177 Å². The van der Waals surface area contributed by atoms with E-state index in [1.807, 2.05) is 6.07 Å². The molecule has 0 aromatic heterocycles. The highest BCUT2D eigenvalue weighted by molar-refractivity contribution is 6.08. The van der Waals surface area contributed by atoms with Gasteiger partial charge in [0.2, 0.25) is 0 Å². The smallest absolute Gasteiger partial charge is 0.328 e. The van der Waals surface area contributed by atoms with Crippen LogP contribution in [0.3, 0.4) is 0 Å². The highest BCUT2D eigenvalue weighted by Gasteiger charge is 2.23. The summed E-state index contributed by atoms with van der Waals surface area (Å²) in [5, 5.41) is 2.47. The highest BCUT2D eigenvalue weighted by Crippen LogP contribution is 2.14. The van der Waals surface area contributed by atoms with Gasteiger partial charge >= 0.3 is 5.97 Å². The van der Waals surface area contributed by atoms with Crippen LogP contribution in [0.15, 0.2) is 72.8 Å². The van der Waals surface area contributed by atoms with Gasteiger partial charge in [0.25, 0.3) is 5.91 Å². The standard InChI is InChI=1S/C24H19F2NO4/c1-31-24(30)21(27-23(29)18-11-12-19(25)20(26)14-18)13-15-7-9-17(10-8-15)22(28)16-5-3-2-4-6-16/h2-12,14,21H,13H2,1H3,(H,27,29)/t21-/m1/s1. The fraction of sp³-hybridized carbons (Fsp3) is 0.125. The lowest BCUT2D eigenvalue weighted by Crippen LogP contribution is -2.43. The largest absolute Gasteiger partial charge is 0.467 e. The van der Waals surface area contributed by atoms with Crippen LogP contribution in [0.2, 0.25) is 0 Å². The molecule has 0 spiro atoms. The maximum absolute atomic E-state index is 13.4. The van der Waals surface area contributed by atoms with Crippen molar-refractivity contribution in [1.82, 2.24) is 5.32 Å². The van der Waals surface area contributed by atoms with Crippen LogP contribution in [-0.4, -0.2) is 30.8 Å². The van der Waals surface area contributed by atoms with Crippen molar-refractivity contribution in [2.24, 2.45) is 0 Å². The number of hydrogen-bond acceptors (Lipinski definition) is 4. The maximum Gasteiger partial charge on any atom is 0.328 e. The molecule has 0 fully saturated rings. The third-order valence-corrected chi connectivity index (χ3v) is 4.66. The first-order valence-electron chi connectivity index (χ1n) is 9.41. The number of nitrogens with one attached hydrogen (secondary N) is 1. The van der Waals surface area contributed by atoms with E-state index in [1.165, 1.54) is 7.11 Å². The fourth-order valence-electron chi connectivity index (χ4n) is 3.00. The molecule has 1 N–H and O–H groups in total. The third-order valence-electron chi connectivity index (χ3n) is 4.66. The lowest BCUT2D eigenvalue weighted by atomic mass is 9.99. The summed E-state index contributed by atoms with van der Waals surface area (Å²) in [7, 11) is 1.18. The molecule has 0 aliphatic rings. The van der Waals surface area contributed by atoms with Gasteiger partial charge in [0.1, 0.15) is 6.04 Å². The average Bonchev–Trinajstić information content (AvgIpc) is 2.80. The van der Waals surface area contributed by atoms with E-state index in [4.69, 9.17) is 4.74 Å². The number of benzene rings is 3. The molecule has 0 heterocycles. The summed E-state index contributed by atoms with van der Waals surface area (Å²) in [6.07, 6.45) is 0.0852. The molecule has 5 nitrogen and oxygen atoms in total. The second kappa shape index (κ2) is 9.75. The molecule has 0 saturated heterocycles. The number of rotatable bonds is 7. The van der Waals surface area contributed by atoms with Crippen LogP contribution in [0.4, 0.5) is 8.78 Å². The van der Waals surface area contributed by atoms with Crippen molar-refractivity contribution in [2.45, 2.75) is 12.5 Å². The molecule has 0 aliphatic heterocycles. The summed E-state index contributed by atoms with van der Waals surface area (Å²) >= 11 is 0. The Hall–Kier alpha value is -3.87. The molecule has 1 atom stereocenters. The Morgan fingerprint density at radius 1 is 0.839 bits per heavy atom. The van der Waals surface area contributed by atoms with E-state index >= 15 is 0 Å². The zero-order chi connectivity index (χ0) is 22.4. The van der Waals surface area contributed by atoms with Gasteiger partial charge in [-0.15, -0.1) is 0 Å². The normalized spacial score (nSPS) is 11.5. The second-order valence-corrected chi connectivity index (χ2v) is 6.77. The van der Waals surface area contributed by atoms with E-state index < -0.39 is 29.6 Å². The molecular weight excluding hydrogens is 404 g/mol. The Morgan fingerprint density at radius 2 is 1.45 bits per heavy atom. The van der Waals surface area contributed by atoms with Crippen LogP contribution in [0.25, 0.3) is 0 Å². The molecule has 0 bridgehead atoms. The summed E-state index contributed by atoms with van der Waals surface area (Å²) in [5.74, 6) is -3.82. The Bertz CT molecular complexity index is 1100. The summed E-state index contributed by atoms with van der Waals surface area (Å²) in [4.78, 5) is 37.0. The molecule has 0 saturated carbocycles. The van der Waals surface area contributed by atoms with E-state index in [0.29, 0.717) is 16.7 Å². The van der Waals surface area contributed by atoms with Crippen molar-refractivity contribution in [3.63, 3.8) is 0 Å². The first kappa shape index (κ1) is 21.8. The first-order chi connectivity index (χ1) is 14.9. The molecule has 158 valence electrons. The molecule has 3 aromatic carbocycles. The predicted molar refractivity (Wildman–Crippen MR) is 110 cm³/mol. The van der Waals surface area contributed by atoms with Crippen LogP contribution in [0, 0.1) is 11.6 Å². The van der Waals surface area contributed by atoms with Gasteiger partial charge < -0.3 is 10.1 Å². The second-order valence-electron chi connectivity index (χ2n) is 6.77. The van der Waals surface area contributed by atoms with Crippen LogP contribution in [0.5, 0.6) is 0 Å². The van der Waals surface area contributed by atoms with Crippen molar-refractivity contribution < 1.29 is 27.9 Å². The zero-order valence-corrected chi connectivity index (χ0v) is 16.6. The number of halogens is 2. The Balaban J connectivity index is 1.73. The van der Waals surface area contributed by atoms with Gasteiger partial charge in [-0.2, -0.15) is 0 Å². The van der Waals surface area contributed by atoms with Gasteiger partial charge in [0.15, 0.2) is 17.4 Å². The van der Waals surface area contributed by atoms with Crippen LogP contribution in [-0.2, 0) is 16.0 Å². The lowest BCUT2D eigenvalue weighted by Gasteiger charge is -2.17. The summed E-state index contributed by atoms with van der Waals surface area (Å²) in [6.45, 7) is 0. The van der Waals surface area contributed by atoms with Crippen molar-refractivity contribution in [3.8, 4) is 0 Å². The van der Waals surface area contributed by atoms with Crippen molar-refractivity contribution in [1.29, 1.82) is 0 Å². The number of esters is 1. The number of ether oxygens (including phenoxy) is 1. The molecule has 0 radical (unpaired) electrons. The Morgan fingerprint density at radius 3 is 2.06 bits per heavy atom. The van der Waals surface area contributed by atoms with E-state index in [2.05, 4.69) is 5.32 Å². The quantitative estimate of drug-likeness (QED) is 0.465. The van der Waals surface area contributed by atoms with Gasteiger partial charge in [-0.25, -0.2) is 13.6 Å². The molecule has 3 aromatic rings. The van der Waals surface area contributed by atoms with Crippen LogP contribution < -0.4 is 5.32 Å². The van der Waals surface area contributed by atoms with Gasteiger partial charge in [0.05, 0.1) is 7.11 Å². The minimum atomic E-state index is -1.17. The van der Waals surface area contributed by atoms with Gasteiger partial charge in [-0.1, -0.05) is 54.6 Å². The predicted octanol–water partition coefficient (Wildman–Crippen LogP) is 3.71. The van der Waals surface area contributed by atoms with E-state index in [0.717, 1.165) is 18.2 Å². The number of methoxy groups -OCH3 is 1. The molecule has 3 rings (SSSR count). The van der Waals surface area contributed by atoms with E-state index in [1.54, 1.807) is 48.5 Å². The molecule has 0 aliphatic carbocycles. The lowest BCUT2D eigenvalue weighted by molar-refractivity contribution is -0.142. The van der Waals surface area contributed by atoms with Gasteiger partial charge in [-0.3, -0.25) is 9.59 Å². The van der Waals surface area contributed by atoms with Crippen molar-refractivity contribution in [2.75, 3.05) is 7.11 Å². The van der Waals surface area contributed by atoms with E-state index in [-0.39, 0.29) is 17.8 Å². The van der Waals surface area contributed by atoms with Crippen molar-refractivity contribution >= 4 is 17.7 Å². The minimum Gasteiger partial charge on any atom is -0.467 e. The zero-order valence-electron chi connectivity index (χ0n) is 16.6. The first-order valence-corrected chi connectivity index (χ1v) is 9.41. The molecule has 7 heteroatoms. The molecular formula is C24H19F2NO4. The summed E-state index contributed by atoms with van der Waals surface area (Å²) in [6, 6.07) is 17.1. The summed E-state index contributed by atoms with van der Waals surface area (Å²) in [5.41, 5.74) is 1.58. The highest BCUT2D eigenvalue weighted by atomic mass is 19.2. The minimum absolute atomic E-state index is 0.0852. The summed E-state index contributed by atoms with van der Waals surface area (Å²) < 4.78 is 31.2. The average molecular weight is 423 g/mol. The van der Waals surface area contributed by atoms with Gasteiger partial charge in [-0.05, 0) is 23.8 Å². The third kappa shape index (κ3) is 5.39. The van der Waals surface area contributed by atoms with Crippen molar-refractivity contribution in [3.05, 3.63) is 107 Å². The van der Waals surface area contributed by atoms with Gasteiger partial charge in [0, 0.05) is 23.1 Å². The fourth-order valence-corrected chi connectivity index (χ4v) is 3.00. The molecule has 1 amide bonds. The number of hydrogen-bond donors (Lipinski definition) is 1. The number of ketones is 1. The van der Waals surface area contributed by atoms with E-state index in [9.17, 15) is 23.2 Å². The van der Waals surface area contributed by atoms with Crippen LogP contribution >= 0.6 is 0 Å². The molecule has 0 unspecified atom stereocenters. The van der Waals surface area contributed by atoms with Crippen LogP contribution in [0.1, 0.15) is 31.8 Å². The number of amides is 1. The SMILES string of the molecule is COC(=O)[C@@H](Cc1ccc(C(=O)c2ccccc2)cc1)NC(=O)c1ccc(F)c(F)c1. The monoisotopic (exact) mass is 423 g/mol. The Kier molecular flexibility index (Phi) is 6.87. The maximum atomic E-state index is 13.4.